The summed E-state index contributed by atoms with van der Waals surface area (Å²) in [5.74, 6) is 0.159. The van der Waals surface area contributed by atoms with Crippen LogP contribution < -0.4 is 10.6 Å². The number of rotatable bonds is 7. The standard InChI is InChI=1S/C17H27N3O/c1-20(2)16(14-7-4-3-5-8-14)13-19-17(21)11-10-15-9-6-12-18-15/h3-5,7-8,15-16,18H,6,9-13H2,1-2H3,(H,19,21). The van der Waals surface area contributed by atoms with Gasteiger partial charge < -0.3 is 15.5 Å². The predicted molar refractivity (Wildman–Crippen MR) is 86.1 cm³/mol. The zero-order chi connectivity index (χ0) is 15.1. The molecule has 1 heterocycles. The van der Waals surface area contributed by atoms with E-state index in [1.54, 1.807) is 0 Å². The Morgan fingerprint density at radius 1 is 1.38 bits per heavy atom. The van der Waals surface area contributed by atoms with Crippen LogP contribution in [0.25, 0.3) is 0 Å². The van der Waals surface area contributed by atoms with Crippen LogP contribution in [-0.4, -0.2) is 44.0 Å². The average Bonchev–Trinajstić information content (AvgIpc) is 2.99. The van der Waals surface area contributed by atoms with Gasteiger partial charge in [0.1, 0.15) is 0 Å². The Morgan fingerprint density at radius 2 is 2.14 bits per heavy atom. The molecule has 1 aromatic carbocycles. The third-order valence-electron chi connectivity index (χ3n) is 4.18. The third-order valence-corrected chi connectivity index (χ3v) is 4.18. The molecule has 1 saturated heterocycles. The normalized spacial score (nSPS) is 19.7. The van der Waals surface area contributed by atoms with E-state index in [4.69, 9.17) is 0 Å². The van der Waals surface area contributed by atoms with Crippen molar-refractivity contribution in [3.63, 3.8) is 0 Å². The molecule has 0 spiro atoms. The van der Waals surface area contributed by atoms with Gasteiger partial charge in [0.25, 0.3) is 0 Å². The van der Waals surface area contributed by atoms with Gasteiger partial charge in [-0.15, -0.1) is 0 Å². The second-order valence-corrected chi connectivity index (χ2v) is 6.03. The SMILES string of the molecule is CN(C)C(CNC(=O)CCC1CCCN1)c1ccccc1. The maximum absolute atomic E-state index is 12.0. The largest absolute Gasteiger partial charge is 0.354 e. The lowest BCUT2D eigenvalue weighted by Gasteiger charge is -2.25. The molecule has 1 fully saturated rings. The maximum Gasteiger partial charge on any atom is 0.220 e. The number of benzene rings is 1. The van der Waals surface area contributed by atoms with E-state index in [1.807, 2.05) is 32.3 Å². The van der Waals surface area contributed by atoms with Crippen LogP contribution in [0.15, 0.2) is 30.3 Å². The summed E-state index contributed by atoms with van der Waals surface area (Å²) in [6, 6.07) is 11.1. The number of nitrogens with zero attached hydrogens (tertiary/aromatic N) is 1. The molecule has 2 rings (SSSR count). The fourth-order valence-corrected chi connectivity index (χ4v) is 2.88. The summed E-state index contributed by atoms with van der Waals surface area (Å²) >= 11 is 0. The van der Waals surface area contributed by atoms with E-state index in [0.29, 0.717) is 19.0 Å². The van der Waals surface area contributed by atoms with E-state index >= 15 is 0 Å². The Labute approximate surface area is 127 Å². The molecule has 2 unspecified atom stereocenters. The summed E-state index contributed by atoms with van der Waals surface area (Å²) in [6.45, 7) is 1.76. The molecule has 0 bridgehead atoms. The summed E-state index contributed by atoms with van der Waals surface area (Å²) in [4.78, 5) is 14.1. The van der Waals surface area contributed by atoms with Crippen molar-refractivity contribution in [3.8, 4) is 0 Å². The Kier molecular flexibility index (Phi) is 6.21. The number of carbonyl (C=O) groups is 1. The summed E-state index contributed by atoms with van der Waals surface area (Å²) in [7, 11) is 4.10. The number of carbonyl (C=O) groups excluding carboxylic acids is 1. The minimum Gasteiger partial charge on any atom is -0.354 e. The lowest BCUT2D eigenvalue weighted by molar-refractivity contribution is -0.121. The summed E-state index contributed by atoms with van der Waals surface area (Å²) in [6.07, 6.45) is 4.01. The molecular weight excluding hydrogens is 262 g/mol. The lowest BCUT2D eigenvalue weighted by Crippen LogP contribution is -2.35. The van der Waals surface area contributed by atoms with Gasteiger partial charge >= 0.3 is 0 Å². The lowest BCUT2D eigenvalue weighted by atomic mass is 10.1. The number of hydrogen-bond donors (Lipinski definition) is 2. The molecule has 0 saturated carbocycles. The van der Waals surface area contributed by atoms with Crippen molar-refractivity contribution in [2.45, 2.75) is 37.8 Å². The quantitative estimate of drug-likeness (QED) is 0.806. The Balaban J connectivity index is 1.77. The Hall–Kier alpha value is -1.39. The van der Waals surface area contributed by atoms with E-state index in [-0.39, 0.29) is 11.9 Å². The van der Waals surface area contributed by atoms with Crippen LogP contribution in [-0.2, 0) is 4.79 Å². The molecule has 1 amide bonds. The van der Waals surface area contributed by atoms with E-state index in [2.05, 4.69) is 27.7 Å². The topological polar surface area (TPSA) is 44.4 Å². The van der Waals surface area contributed by atoms with Crippen molar-refractivity contribution in [1.29, 1.82) is 0 Å². The van der Waals surface area contributed by atoms with Gasteiger partial charge in [-0.2, -0.15) is 0 Å². The molecule has 1 aliphatic rings. The van der Waals surface area contributed by atoms with Crippen LogP contribution in [0.4, 0.5) is 0 Å². The zero-order valence-corrected chi connectivity index (χ0v) is 13.1. The maximum atomic E-state index is 12.0. The van der Waals surface area contributed by atoms with E-state index < -0.39 is 0 Å². The molecule has 116 valence electrons. The van der Waals surface area contributed by atoms with Gasteiger partial charge in [-0.1, -0.05) is 30.3 Å². The predicted octanol–water partition coefficient (Wildman–Crippen LogP) is 1.94. The average molecular weight is 289 g/mol. The molecule has 0 radical (unpaired) electrons. The van der Waals surface area contributed by atoms with E-state index in [1.165, 1.54) is 18.4 Å². The first kappa shape index (κ1) is 16.0. The first-order valence-electron chi connectivity index (χ1n) is 7.88. The van der Waals surface area contributed by atoms with Gasteiger partial charge in [-0.25, -0.2) is 0 Å². The van der Waals surface area contributed by atoms with Gasteiger partial charge in [0, 0.05) is 19.0 Å². The first-order valence-corrected chi connectivity index (χ1v) is 7.88. The highest BCUT2D eigenvalue weighted by Gasteiger charge is 2.17. The second kappa shape index (κ2) is 8.15. The highest BCUT2D eigenvalue weighted by Crippen LogP contribution is 2.17. The van der Waals surface area contributed by atoms with Crippen molar-refractivity contribution in [2.75, 3.05) is 27.2 Å². The number of likely N-dealkylation sites (N-methyl/N-ethyl adjacent to an activating group) is 1. The highest BCUT2D eigenvalue weighted by molar-refractivity contribution is 5.75. The molecule has 1 aromatic rings. The van der Waals surface area contributed by atoms with Crippen molar-refractivity contribution in [3.05, 3.63) is 35.9 Å². The van der Waals surface area contributed by atoms with Crippen molar-refractivity contribution in [2.24, 2.45) is 0 Å². The third kappa shape index (κ3) is 5.14. The fraction of sp³-hybridized carbons (Fsp3) is 0.588. The first-order chi connectivity index (χ1) is 10.2. The van der Waals surface area contributed by atoms with Crippen molar-refractivity contribution in [1.82, 2.24) is 15.5 Å². The van der Waals surface area contributed by atoms with Crippen molar-refractivity contribution >= 4 is 5.91 Å². The smallest absolute Gasteiger partial charge is 0.220 e. The summed E-state index contributed by atoms with van der Waals surface area (Å²) in [5.41, 5.74) is 1.24. The molecule has 4 nitrogen and oxygen atoms in total. The highest BCUT2D eigenvalue weighted by atomic mass is 16.1. The molecule has 4 heteroatoms. The molecule has 0 aliphatic carbocycles. The molecule has 1 aliphatic heterocycles. The van der Waals surface area contributed by atoms with Crippen LogP contribution in [0, 0.1) is 0 Å². The molecular formula is C17H27N3O. The molecule has 0 aromatic heterocycles. The number of amides is 1. The molecule has 2 atom stereocenters. The number of nitrogens with one attached hydrogen (secondary N) is 2. The van der Waals surface area contributed by atoms with Crippen molar-refractivity contribution < 1.29 is 4.79 Å². The van der Waals surface area contributed by atoms with Gasteiger partial charge in [-0.3, -0.25) is 4.79 Å². The van der Waals surface area contributed by atoms with Crippen LogP contribution in [0.2, 0.25) is 0 Å². The Bertz CT molecular complexity index is 427. The van der Waals surface area contributed by atoms with Gasteiger partial charge in [0.2, 0.25) is 5.91 Å². The van der Waals surface area contributed by atoms with Gasteiger partial charge in [0.05, 0.1) is 6.04 Å². The summed E-state index contributed by atoms with van der Waals surface area (Å²) in [5, 5.41) is 6.51. The minimum atomic E-state index is 0.159. The summed E-state index contributed by atoms with van der Waals surface area (Å²) < 4.78 is 0. The van der Waals surface area contributed by atoms with Crippen LogP contribution in [0.1, 0.15) is 37.3 Å². The Morgan fingerprint density at radius 3 is 2.76 bits per heavy atom. The van der Waals surface area contributed by atoms with Crippen LogP contribution in [0.5, 0.6) is 0 Å². The van der Waals surface area contributed by atoms with Crippen LogP contribution >= 0.6 is 0 Å². The number of hydrogen-bond acceptors (Lipinski definition) is 3. The monoisotopic (exact) mass is 289 g/mol. The second-order valence-electron chi connectivity index (χ2n) is 6.03. The molecule has 2 N–H and O–H groups in total. The van der Waals surface area contributed by atoms with Gasteiger partial charge in [0.15, 0.2) is 0 Å². The van der Waals surface area contributed by atoms with Gasteiger partial charge in [-0.05, 0) is 45.5 Å². The molecule has 21 heavy (non-hydrogen) atoms. The minimum absolute atomic E-state index is 0.159. The fourth-order valence-electron chi connectivity index (χ4n) is 2.88. The van der Waals surface area contributed by atoms with E-state index in [9.17, 15) is 4.79 Å². The van der Waals surface area contributed by atoms with Crippen LogP contribution in [0.3, 0.4) is 0 Å². The zero-order valence-electron chi connectivity index (χ0n) is 13.1. The van der Waals surface area contributed by atoms with E-state index in [0.717, 1.165) is 13.0 Å².